The Balaban J connectivity index is 1.08. The molecule has 1 aliphatic carbocycles. The Labute approximate surface area is 473 Å². The number of nitrogens with one attached hydrogen (secondary N) is 2. The number of anilines is 1. The third-order valence-electron chi connectivity index (χ3n) is 17.4. The lowest BCUT2D eigenvalue weighted by atomic mass is 9.73. The summed E-state index contributed by atoms with van der Waals surface area (Å²) in [5.41, 5.74) is -3.87. The molecule has 4 aliphatic heterocycles. The summed E-state index contributed by atoms with van der Waals surface area (Å²) in [5.74, 6) is -6.09. The monoisotopic (exact) mass is 1150 g/mol. The highest BCUT2D eigenvalue weighted by Gasteiger charge is 2.58. The largest absolute Gasteiger partial charge is 0.477 e. The molecule has 5 aliphatic rings. The maximum absolute atomic E-state index is 14.8. The van der Waals surface area contributed by atoms with Crippen LogP contribution in [0.2, 0.25) is 5.02 Å². The first-order valence-corrected chi connectivity index (χ1v) is 28.4. The van der Waals surface area contributed by atoms with Crippen LogP contribution in [0.4, 0.5) is 10.5 Å². The average molecular weight is 1150 g/mol. The first-order chi connectivity index (χ1) is 37.6. The lowest BCUT2D eigenvalue weighted by Gasteiger charge is -2.50. The molecule has 80 heavy (non-hydrogen) atoms. The van der Waals surface area contributed by atoms with Gasteiger partial charge in [-0.15, -0.1) is 0 Å². The Hall–Kier alpha value is -4.49. The first kappa shape index (κ1) is 63.1. The van der Waals surface area contributed by atoms with E-state index in [9.17, 15) is 39.0 Å². The molecule has 7 rings (SSSR count). The van der Waals surface area contributed by atoms with Gasteiger partial charge >= 0.3 is 24.0 Å². The molecule has 0 radical (unpaired) electrons. The Morgan fingerprint density at radius 3 is 2.23 bits per heavy atom. The molecule has 23 heteroatoms. The predicted octanol–water partition coefficient (Wildman–Crippen LogP) is 6.27. The molecule has 4 N–H and O–H groups in total. The van der Waals surface area contributed by atoms with Gasteiger partial charge in [0.1, 0.15) is 29.2 Å². The molecule has 22 nitrogen and oxygen atoms in total. The number of ether oxygens (including phenoxy) is 10. The summed E-state index contributed by atoms with van der Waals surface area (Å²) in [4.78, 5) is 82.9. The zero-order valence-corrected chi connectivity index (χ0v) is 49.5. The minimum Gasteiger partial charge on any atom is -0.477 e. The van der Waals surface area contributed by atoms with E-state index in [1.54, 1.807) is 65.2 Å². The average Bonchev–Trinajstić information content (AvgIpc) is 4.36. The number of amides is 1. The number of hydrogen-bond acceptors (Lipinski definition) is 19. The van der Waals surface area contributed by atoms with E-state index >= 15 is 0 Å². The van der Waals surface area contributed by atoms with E-state index in [-0.39, 0.29) is 80.4 Å². The summed E-state index contributed by atoms with van der Waals surface area (Å²) in [6, 6.07) is 2.11. The fraction of sp³-hybridized carbons (Fsp3) is 0.754. The number of likely N-dealkylation sites (N-methyl/N-ethyl adjacent to an activating group) is 1. The van der Waals surface area contributed by atoms with Crippen LogP contribution >= 0.6 is 11.6 Å². The topological polar surface area (TPSA) is 267 Å². The summed E-state index contributed by atoms with van der Waals surface area (Å²) in [6.07, 6.45) is -5.39. The van der Waals surface area contributed by atoms with Crippen LogP contribution in [0, 0.1) is 23.7 Å². The number of ketones is 1. The van der Waals surface area contributed by atoms with E-state index in [1.807, 2.05) is 39.8 Å². The van der Waals surface area contributed by atoms with Gasteiger partial charge in [0.05, 0.1) is 77.8 Å². The molecule has 5 heterocycles. The molecule has 448 valence electrons. The van der Waals surface area contributed by atoms with Crippen LogP contribution in [0.5, 0.6) is 0 Å². The zero-order valence-electron chi connectivity index (χ0n) is 48.7. The number of pyridine rings is 1. The predicted molar refractivity (Wildman–Crippen MR) is 292 cm³/mol. The fourth-order valence-electron chi connectivity index (χ4n) is 12.6. The summed E-state index contributed by atoms with van der Waals surface area (Å²) < 4.78 is 65.3. The van der Waals surface area contributed by atoms with E-state index in [0.717, 1.165) is 12.8 Å². The number of halogens is 1. The number of carbonyl (C=O) groups is 5. The highest BCUT2D eigenvalue weighted by Crippen LogP contribution is 2.44. The van der Waals surface area contributed by atoms with Crippen molar-refractivity contribution >= 4 is 58.0 Å². The number of methoxy groups -OCH3 is 2. The second-order valence-electron chi connectivity index (χ2n) is 23.6. The van der Waals surface area contributed by atoms with Crippen LogP contribution in [-0.2, 0) is 61.8 Å². The van der Waals surface area contributed by atoms with Gasteiger partial charge in [0.15, 0.2) is 24.3 Å². The van der Waals surface area contributed by atoms with Gasteiger partial charge in [-0.25, -0.2) is 9.59 Å². The molecular formula is C57H85ClN4O18. The van der Waals surface area contributed by atoms with Crippen molar-refractivity contribution < 1.29 is 81.6 Å². The number of cyclic esters (lactones) is 1. The molecular weight excluding hydrogens is 1060 g/mol. The summed E-state index contributed by atoms with van der Waals surface area (Å²) >= 11 is 6.63. The molecule has 0 spiro atoms. The number of benzene rings is 1. The Morgan fingerprint density at radius 2 is 1.60 bits per heavy atom. The number of nitrogens with zero attached hydrogens (tertiary/aromatic N) is 2. The van der Waals surface area contributed by atoms with E-state index in [2.05, 4.69) is 10.6 Å². The third kappa shape index (κ3) is 13.3. The van der Waals surface area contributed by atoms with Crippen LogP contribution in [-0.4, -0.2) is 182 Å². The van der Waals surface area contributed by atoms with Crippen molar-refractivity contribution in [3.05, 3.63) is 39.1 Å². The summed E-state index contributed by atoms with van der Waals surface area (Å²) in [7, 11) is 6.74. The third-order valence-corrected chi connectivity index (χ3v) is 17.7. The van der Waals surface area contributed by atoms with Gasteiger partial charge in [-0.05, 0) is 99.9 Å². The van der Waals surface area contributed by atoms with Gasteiger partial charge in [-0.3, -0.25) is 19.2 Å². The fourth-order valence-corrected chi connectivity index (χ4v) is 12.8. The minimum atomic E-state index is -1.43. The Bertz CT molecular complexity index is 2640. The van der Waals surface area contributed by atoms with Crippen molar-refractivity contribution in [1.29, 1.82) is 0 Å². The number of fused-ring (bicyclic) bond motifs is 2. The van der Waals surface area contributed by atoms with E-state index in [0.29, 0.717) is 22.6 Å². The SMILES string of the molecule is CC[C@H]1OC(=O)[C@H](C)[C@@H](O[C@H]2C[C@@](C)(OC)[C@@H](OC(=O)CCOCCNc3cc4c(=O)c(C(=O)O)cn(C5CC5)c4cc3Cl)[C@H](C)O2)[C@H](C)[C@@H](O[C@H]2O[C@@H](C)C[C@@H](N(C)C)[C@@H]2O)[C@](C)(OC)C[C@@H](C)C(=O)[C@H](C)[C@H]2NC(=O)O[C@@]21C. The van der Waals surface area contributed by atoms with Gasteiger partial charge in [0.2, 0.25) is 5.43 Å². The first-order valence-electron chi connectivity index (χ1n) is 28.0. The van der Waals surface area contributed by atoms with Crippen LogP contribution in [0.3, 0.4) is 0 Å². The summed E-state index contributed by atoms with van der Waals surface area (Å²) in [5, 5.41) is 28.1. The molecule has 1 aromatic heterocycles. The van der Waals surface area contributed by atoms with Crippen molar-refractivity contribution in [3.8, 4) is 0 Å². The molecule has 18 atom stereocenters. The number of carboxylic acids is 1. The normalized spacial score (nSPS) is 37.3. The molecule has 0 bridgehead atoms. The molecule has 2 aromatic rings. The number of aliphatic hydroxyl groups is 1. The van der Waals surface area contributed by atoms with Crippen molar-refractivity contribution in [3.63, 3.8) is 0 Å². The van der Waals surface area contributed by atoms with Gasteiger partial charge < -0.3 is 77.7 Å². The molecule has 1 saturated carbocycles. The van der Waals surface area contributed by atoms with E-state index in [1.165, 1.54) is 20.4 Å². The summed E-state index contributed by atoms with van der Waals surface area (Å²) in [6.45, 7) is 18.1. The van der Waals surface area contributed by atoms with Crippen molar-refractivity contribution in [1.82, 2.24) is 14.8 Å². The number of rotatable bonds is 18. The number of Topliss-reactive ketones (excluding diaryl/α,β-unsaturated/α-hetero) is 1. The van der Waals surface area contributed by atoms with E-state index in [4.69, 9.17) is 59.0 Å². The zero-order chi connectivity index (χ0) is 58.9. The smallest absolute Gasteiger partial charge is 0.408 e. The maximum Gasteiger partial charge on any atom is 0.408 e. The molecule has 1 aromatic carbocycles. The minimum absolute atomic E-state index is 0.00411. The molecule has 0 unspecified atom stereocenters. The number of carbonyl (C=O) groups excluding carboxylic acids is 4. The van der Waals surface area contributed by atoms with Crippen molar-refractivity contribution in [2.24, 2.45) is 23.7 Å². The number of esters is 2. The number of aromatic nitrogens is 1. The van der Waals surface area contributed by atoms with E-state index < -0.39 is 125 Å². The lowest BCUT2D eigenvalue weighted by molar-refractivity contribution is -0.320. The number of hydrogen-bond donors (Lipinski definition) is 4. The molecule has 1 amide bonds. The van der Waals surface area contributed by atoms with Gasteiger partial charge in [0, 0.05) is 68.6 Å². The second kappa shape index (κ2) is 25.6. The van der Waals surface area contributed by atoms with Crippen LogP contribution in [0.1, 0.15) is 131 Å². The highest BCUT2D eigenvalue weighted by atomic mass is 35.5. The van der Waals surface area contributed by atoms with Crippen molar-refractivity contribution in [2.45, 2.75) is 204 Å². The number of aliphatic hydroxyl groups excluding tert-OH is 1. The maximum atomic E-state index is 14.8. The number of alkyl carbamates (subject to hydrolysis) is 1. The van der Waals surface area contributed by atoms with Gasteiger partial charge in [-0.1, -0.05) is 39.3 Å². The number of aromatic carboxylic acids is 1. The number of carboxylic acid groups (broad SMARTS) is 1. The molecule has 4 saturated heterocycles. The molecule has 5 fully saturated rings. The standard InChI is InChI=1S/C57H85ClN4O18/c1-15-41-57(10)48(60-54(70)80-57)30(4)44(64)28(2)25-55(8,71-13)49(79-53-46(66)40(61(11)12)22-29(3)74-53)31(5)47(32(6)52(69)76-41)78-43-26-56(9,72-14)50(33(7)75-43)77-42(63)18-20-73-21-19-59-38-23-35-39(24-37(38)58)62(34-16-17-34)27-36(45(35)65)51(67)68/h23-24,27-34,40-41,43,46-50,53,59,66H,15-22,25-26H2,1-14H3,(H,60,70)(H,67,68)/t28-,29+,30+,31+,32-,33+,40-,41-,43+,46+,47+,48-,49-,50+,53-,55-,56-,57-/m1/s1. The Kier molecular flexibility index (Phi) is 20.2. The van der Waals surface area contributed by atoms with Crippen LogP contribution in [0.15, 0.2) is 23.1 Å². The van der Waals surface area contributed by atoms with Gasteiger partial charge in [0.25, 0.3) is 0 Å². The quantitative estimate of drug-likeness (QED) is 0.0728. The van der Waals surface area contributed by atoms with Crippen LogP contribution in [0.25, 0.3) is 10.9 Å². The van der Waals surface area contributed by atoms with Gasteiger partial charge in [-0.2, -0.15) is 0 Å². The van der Waals surface area contributed by atoms with Crippen LogP contribution < -0.4 is 16.1 Å². The van der Waals surface area contributed by atoms with Crippen molar-refractivity contribution in [2.75, 3.05) is 53.4 Å². The highest BCUT2D eigenvalue weighted by molar-refractivity contribution is 6.34. The lowest BCUT2D eigenvalue weighted by Crippen LogP contribution is -2.62. The second-order valence-corrected chi connectivity index (χ2v) is 24.0. The Morgan fingerprint density at radius 1 is 0.925 bits per heavy atom.